The van der Waals surface area contributed by atoms with Crippen LogP contribution in [-0.4, -0.2) is 20.6 Å². The number of aryl methyl sites for hydroxylation is 2. The van der Waals surface area contributed by atoms with E-state index in [-0.39, 0.29) is 5.52 Å². The lowest BCUT2D eigenvalue weighted by molar-refractivity contribution is 0.373. The molecule has 110 valence electrons. The second-order valence-electron chi connectivity index (χ2n) is 4.74. The number of hydrogen-bond donors (Lipinski definition) is 0. The first-order chi connectivity index (χ1) is 10.1. The van der Waals surface area contributed by atoms with E-state index >= 15 is 0 Å². The van der Waals surface area contributed by atoms with Crippen LogP contribution in [0, 0.1) is 18.6 Å². The summed E-state index contributed by atoms with van der Waals surface area (Å²) < 4.78 is 34.2. The second-order valence-corrected chi connectivity index (χ2v) is 5.12. The summed E-state index contributed by atoms with van der Waals surface area (Å²) in [5, 5.41) is 3.81. The van der Waals surface area contributed by atoms with Crippen LogP contribution >= 0.6 is 11.6 Å². The van der Waals surface area contributed by atoms with Crippen molar-refractivity contribution >= 4 is 22.6 Å². The first-order valence-corrected chi connectivity index (χ1v) is 6.94. The summed E-state index contributed by atoms with van der Waals surface area (Å²) in [6.07, 6.45) is 0.449. The predicted molar refractivity (Wildman–Crippen MR) is 74.4 cm³/mol. The molecular weight excluding hydrogens is 300 g/mol. The van der Waals surface area contributed by atoms with Gasteiger partial charge in [0.2, 0.25) is 0 Å². The van der Waals surface area contributed by atoms with Gasteiger partial charge in [-0.25, -0.2) is 13.8 Å². The van der Waals surface area contributed by atoms with Gasteiger partial charge in [0.25, 0.3) is 0 Å². The molecule has 0 radical (unpaired) electrons. The Morgan fingerprint density at radius 1 is 1.29 bits per heavy atom. The third-order valence-electron chi connectivity index (χ3n) is 3.16. The van der Waals surface area contributed by atoms with E-state index in [2.05, 4.69) is 10.1 Å². The van der Waals surface area contributed by atoms with Gasteiger partial charge in [0.05, 0.1) is 17.8 Å². The molecule has 3 rings (SSSR count). The quantitative estimate of drug-likeness (QED) is 0.693. The topological polar surface area (TPSA) is 43.9 Å². The van der Waals surface area contributed by atoms with E-state index in [4.69, 9.17) is 16.1 Å². The van der Waals surface area contributed by atoms with Crippen molar-refractivity contribution in [2.45, 2.75) is 19.9 Å². The Morgan fingerprint density at radius 3 is 2.76 bits per heavy atom. The smallest absolute Gasteiger partial charge is 0.156 e. The second kappa shape index (κ2) is 5.44. The maximum Gasteiger partial charge on any atom is 0.156 e. The molecule has 0 saturated carbocycles. The van der Waals surface area contributed by atoms with E-state index in [0.717, 1.165) is 11.8 Å². The molecular formula is C14H12ClF2N3O. The molecule has 0 spiro atoms. The van der Waals surface area contributed by atoms with E-state index in [1.54, 1.807) is 17.6 Å². The van der Waals surface area contributed by atoms with Crippen LogP contribution in [-0.2, 0) is 13.0 Å². The summed E-state index contributed by atoms with van der Waals surface area (Å²) in [5.74, 6) is 0.176. The Balaban J connectivity index is 2.15. The summed E-state index contributed by atoms with van der Waals surface area (Å²) in [4.78, 5) is 4.22. The number of alkyl halides is 1. The Bertz CT molecular complexity index is 797. The molecule has 4 nitrogen and oxygen atoms in total. The molecule has 1 aromatic carbocycles. The van der Waals surface area contributed by atoms with Crippen LogP contribution in [0.1, 0.15) is 17.3 Å². The zero-order valence-electron chi connectivity index (χ0n) is 11.2. The largest absolute Gasteiger partial charge is 0.359 e. The first-order valence-electron chi connectivity index (χ1n) is 6.41. The van der Waals surface area contributed by atoms with Crippen LogP contribution in [0.3, 0.4) is 0 Å². The molecule has 7 heteroatoms. The summed E-state index contributed by atoms with van der Waals surface area (Å²) in [5.41, 5.74) is 1.25. The molecule has 3 aromatic rings. The van der Waals surface area contributed by atoms with Crippen LogP contribution in [0.15, 0.2) is 22.7 Å². The van der Waals surface area contributed by atoms with Crippen molar-refractivity contribution in [3.8, 4) is 0 Å². The van der Waals surface area contributed by atoms with Crippen molar-refractivity contribution in [3.05, 3.63) is 47.1 Å². The van der Waals surface area contributed by atoms with Crippen molar-refractivity contribution in [2.75, 3.05) is 5.88 Å². The van der Waals surface area contributed by atoms with Crippen LogP contribution in [0.25, 0.3) is 11.0 Å². The first kappa shape index (κ1) is 14.0. The van der Waals surface area contributed by atoms with Gasteiger partial charge in [0, 0.05) is 24.4 Å². The van der Waals surface area contributed by atoms with E-state index in [1.807, 2.05) is 0 Å². The highest BCUT2D eigenvalue weighted by Gasteiger charge is 2.16. The SMILES string of the molecule is Cc1cc(Cn2c(CCCl)nc3c(F)cc(F)cc32)on1. The van der Waals surface area contributed by atoms with E-state index in [0.29, 0.717) is 35.9 Å². The van der Waals surface area contributed by atoms with Gasteiger partial charge in [0.1, 0.15) is 17.2 Å². The summed E-state index contributed by atoms with van der Waals surface area (Å²) in [6.45, 7) is 2.10. The van der Waals surface area contributed by atoms with Gasteiger partial charge in [0.15, 0.2) is 11.6 Å². The maximum atomic E-state index is 13.8. The molecule has 0 aliphatic carbocycles. The van der Waals surface area contributed by atoms with Gasteiger partial charge < -0.3 is 9.09 Å². The predicted octanol–water partition coefficient (Wildman–Crippen LogP) is 3.44. The van der Waals surface area contributed by atoms with E-state index in [9.17, 15) is 8.78 Å². The number of aromatic nitrogens is 3. The fraction of sp³-hybridized carbons (Fsp3) is 0.286. The lowest BCUT2D eigenvalue weighted by Crippen LogP contribution is -2.05. The summed E-state index contributed by atoms with van der Waals surface area (Å²) in [6, 6.07) is 3.85. The average Bonchev–Trinajstić information content (AvgIpc) is 2.97. The molecule has 0 atom stereocenters. The number of halogens is 3. The lowest BCUT2D eigenvalue weighted by Gasteiger charge is -2.06. The van der Waals surface area contributed by atoms with Crippen molar-refractivity contribution in [2.24, 2.45) is 0 Å². The van der Waals surface area contributed by atoms with Crippen LogP contribution in [0.4, 0.5) is 8.78 Å². The minimum atomic E-state index is -0.687. The minimum absolute atomic E-state index is 0.132. The molecule has 0 aliphatic heterocycles. The molecule has 0 amide bonds. The van der Waals surface area contributed by atoms with Gasteiger partial charge in [-0.1, -0.05) is 5.16 Å². The van der Waals surface area contributed by atoms with Crippen molar-refractivity contribution < 1.29 is 13.3 Å². The number of hydrogen-bond acceptors (Lipinski definition) is 3. The van der Waals surface area contributed by atoms with Gasteiger partial charge in [-0.3, -0.25) is 0 Å². The third-order valence-corrected chi connectivity index (χ3v) is 3.35. The Morgan fingerprint density at radius 2 is 2.10 bits per heavy atom. The van der Waals surface area contributed by atoms with Gasteiger partial charge in [-0.05, 0) is 13.0 Å². The standard InChI is InChI=1S/C14H12ClF2N3O/c1-8-4-10(21-19-8)7-20-12-6-9(16)5-11(17)14(12)18-13(20)2-3-15/h4-6H,2-3,7H2,1H3. The lowest BCUT2D eigenvalue weighted by atomic mass is 10.3. The fourth-order valence-corrected chi connectivity index (χ4v) is 2.46. The normalized spacial score (nSPS) is 11.4. The molecule has 0 aliphatic rings. The molecule has 2 aromatic heterocycles. The molecule has 0 fully saturated rings. The highest BCUT2D eigenvalue weighted by molar-refractivity contribution is 6.17. The zero-order valence-corrected chi connectivity index (χ0v) is 12.0. The average molecular weight is 312 g/mol. The van der Waals surface area contributed by atoms with Gasteiger partial charge >= 0.3 is 0 Å². The van der Waals surface area contributed by atoms with Gasteiger partial charge in [-0.15, -0.1) is 11.6 Å². The number of imidazole rings is 1. The van der Waals surface area contributed by atoms with Crippen molar-refractivity contribution in [1.29, 1.82) is 0 Å². The van der Waals surface area contributed by atoms with Crippen molar-refractivity contribution in [3.63, 3.8) is 0 Å². The summed E-state index contributed by atoms with van der Waals surface area (Å²) in [7, 11) is 0. The number of rotatable bonds is 4. The minimum Gasteiger partial charge on any atom is -0.359 e. The number of fused-ring (bicyclic) bond motifs is 1. The molecule has 0 N–H and O–H groups in total. The molecule has 0 saturated heterocycles. The van der Waals surface area contributed by atoms with Crippen LogP contribution in [0.5, 0.6) is 0 Å². The molecule has 2 heterocycles. The monoisotopic (exact) mass is 311 g/mol. The number of nitrogens with zero attached hydrogens (tertiary/aromatic N) is 3. The van der Waals surface area contributed by atoms with Crippen LogP contribution in [0.2, 0.25) is 0 Å². The van der Waals surface area contributed by atoms with E-state index in [1.165, 1.54) is 6.07 Å². The number of benzene rings is 1. The van der Waals surface area contributed by atoms with Crippen LogP contribution < -0.4 is 0 Å². The molecule has 0 bridgehead atoms. The highest BCUT2D eigenvalue weighted by Crippen LogP contribution is 2.23. The van der Waals surface area contributed by atoms with Gasteiger partial charge in [-0.2, -0.15) is 0 Å². The Kier molecular flexibility index (Phi) is 3.63. The maximum absolute atomic E-state index is 13.8. The Hall–Kier alpha value is -1.95. The molecule has 0 unspecified atom stereocenters. The third kappa shape index (κ3) is 2.63. The van der Waals surface area contributed by atoms with E-state index < -0.39 is 11.6 Å². The fourth-order valence-electron chi connectivity index (χ4n) is 2.30. The summed E-state index contributed by atoms with van der Waals surface area (Å²) >= 11 is 5.76. The highest BCUT2D eigenvalue weighted by atomic mass is 35.5. The van der Waals surface area contributed by atoms with Crippen molar-refractivity contribution in [1.82, 2.24) is 14.7 Å². The molecule has 21 heavy (non-hydrogen) atoms. The Labute approximate surface area is 124 Å². The zero-order chi connectivity index (χ0) is 15.0.